The van der Waals surface area contributed by atoms with E-state index in [9.17, 15) is 4.79 Å². The molecule has 0 aliphatic carbocycles. The highest BCUT2D eigenvalue weighted by Crippen LogP contribution is 2.21. The van der Waals surface area contributed by atoms with E-state index < -0.39 is 0 Å². The van der Waals surface area contributed by atoms with Crippen molar-refractivity contribution in [2.75, 3.05) is 24.5 Å². The smallest absolute Gasteiger partial charge is 0.315 e. The van der Waals surface area contributed by atoms with Gasteiger partial charge in [0.1, 0.15) is 5.82 Å². The number of aromatic nitrogens is 1. The Kier molecular flexibility index (Phi) is 5.71. The van der Waals surface area contributed by atoms with E-state index in [0.717, 1.165) is 43.9 Å². The number of urea groups is 1. The van der Waals surface area contributed by atoms with Crippen LogP contribution in [-0.2, 0) is 6.54 Å². The van der Waals surface area contributed by atoms with Gasteiger partial charge in [0.2, 0.25) is 0 Å². The maximum Gasteiger partial charge on any atom is 0.315 e. The van der Waals surface area contributed by atoms with Crippen LogP contribution in [0.2, 0.25) is 0 Å². The molecule has 5 heteroatoms. The van der Waals surface area contributed by atoms with Gasteiger partial charge in [0, 0.05) is 32.4 Å². The molecular formula is C23H26N4O. The number of hydrogen-bond donors (Lipinski definition) is 2. The number of carbonyl (C=O) groups is 1. The monoisotopic (exact) mass is 374 g/mol. The molecule has 2 N–H and O–H groups in total. The zero-order chi connectivity index (χ0) is 19.2. The molecule has 144 valence electrons. The number of nitrogens with zero attached hydrogens (tertiary/aromatic N) is 2. The summed E-state index contributed by atoms with van der Waals surface area (Å²) in [5.41, 5.74) is 1.14. The molecule has 0 bridgehead atoms. The number of nitrogens with one attached hydrogen (secondary N) is 2. The topological polar surface area (TPSA) is 57.3 Å². The predicted molar refractivity (Wildman–Crippen MR) is 113 cm³/mol. The first-order valence-electron chi connectivity index (χ1n) is 9.94. The Morgan fingerprint density at radius 1 is 0.964 bits per heavy atom. The largest absolute Gasteiger partial charge is 0.357 e. The molecule has 0 saturated carbocycles. The van der Waals surface area contributed by atoms with Gasteiger partial charge in [0.05, 0.1) is 0 Å². The molecule has 2 aromatic carbocycles. The van der Waals surface area contributed by atoms with Gasteiger partial charge in [-0.05, 0) is 47.2 Å². The van der Waals surface area contributed by atoms with Gasteiger partial charge in [-0.25, -0.2) is 9.78 Å². The average Bonchev–Trinajstić information content (AvgIpc) is 2.77. The molecule has 1 aliphatic rings. The lowest BCUT2D eigenvalue weighted by molar-refractivity contribution is 0.237. The number of hydrogen-bond acceptors (Lipinski definition) is 3. The number of rotatable bonds is 5. The predicted octanol–water partition coefficient (Wildman–Crippen LogP) is 3.95. The lowest BCUT2D eigenvalue weighted by Crippen LogP contribution is -2.42. The lowest BCUT2D eigenvalue weighted by Gasteiger charge is -2.32. The van der Waals surface area contributed by atoms with E-state index in [4.69, 9.17) is 0 Å². The molecule has 1 aliphatic heterocycles. The van der Waals surface area contributed by atoms with Gasteiger partial charge < -0.3 is 15.5 Å². The fraction of sp³-hybridized carbons (Fsp3) is 0.304. The SMILES string of the molecule is O=C(NCc1cccc2ccccc12)NCC1CCN(c2ccccn2)CC1. The molecule has 5 nitrogen and oxygen atoms in total. The minimum atomic E-state index is -0.0971. The maximum absolute atomic E-state index is 12.2. The Labute approximate surface area is 165 Å². The van der Waals surface area contributed by atoms with Crippen molar-refractivity contribution in [2.24, 2.45) is 5.92 Å². The fourth-order valence-electron chi connectivity index (χ4n) is 3.83. The molecule has 3 aromatic rings. The van der Waals surface area contributed by atoms with Gasteiger partial charge in [-0.15, -0.1) is 0 Å². The number of anilines is 1. The molecule has 0 radical (unpaired) electrons. The molecule has 1 saturated heterocycles. The summed E-state index contributed by atoms with van der Waals surface area (Å²) >= 11 is 0. The third kappa shape index (κ3) is 4.42. The Bertz CT molecular complexity index is 915. The summed E-state index contributed by atoms with van der Waals surface area (Å²) in [7, 11) is 0. The minimum Gasteiger partial charge on any atom is -0.357 e. The molecule has 4 rings (SSSR count). The summed E-state index contributed by atoms with van der Waals surface area (Å²) in [6, 6.07) is 20.4. The Morgan fingerprint density at radius 3 is 2.57 bits per heavy atom. The first kappa shape index (κ1) is 18.3. The second kappa shape index (κ2) is 8.74. The number of piperidine rings is 1. The number of fused-ring (bicyclic) bond motifs is 1. The van der Waals surface area contributed by atoms with E-state index in [-0.39, 0.29) is 6.03 Å². The number of pyridine rings is 1. The van der Waals surface area contributed by atoms with Gasteiger partial charge in [0.15, 0.2) is 0 Å². The van der Waals surface area contributed by atoms with Crippen LogP contribution in [0.15, 0.2) is 66.9 Å². The molecule has 2 amide bonds. The average molecular weight is 374 g/mol. The molecule has 28 heavy (non-hydrogen) atoms. The van der Waals surface area contributed by atoms with Crippen molar-refractivity contribution in [3.8, 4) is 0 Å². The van der Waals surface area contributed by atoms with E-state index in [1.165, 1.54) is 10.8 Å². The minimum absolute atomic E-state index is 0.0971. The highest BCUT2D eigenvalue weighted by molar-refractivity contribution is 5.86. The first-order chi connectivity index (χ1) is 13.8. The van der Waals surface area contributed by atoms with Gasteiger partial charge in [0.25, 0.3) is 0 Å². The summed E-state index contributed by atoms with van der Waals surface area (Å²) in [6.45, 7) is 3.23. The zero-order valence-corrected chi connectivity index (χ0v) is 16.0. The van der Waals surface area contributed by atoms with Crippen molar-refractivity contribution in [3.05, 3.63) is 72.4 Å². The first-order valence-corrected chi connectivity index (χ1v) is 9.94. The summed E-state index contributed by atoms with van der Waals surface area (Å²) in [5, 5.41) is 8.42. The second-order valence-corrected chi connectivity index (χ2v) is 7.32. The third-order valence-corrected chi connectivity index (χ3v) is 5.46. The van der Waals surface area contributed by atoms with Crippen molar-refractivity contribution in [1.82, 2.24) is 15.6 Å². The van der Waals surface area contributed by atoms with Crippen LogP contribution in [0.3, 0.4) is 0 Å². The lowest BCUT2D eigenvalue weighted by atomic mass is 9.97. The van der Waals surface area contributed by atoms with Gasteiger partial charge in [-0.2, -0.15) is 0 Å². The Balaban J connectivity index is 1.22. The van der Waals surface area contributed by atoms with Crippen molar-refractivity contribution in [2.45, 2.75) is 19.4 Å². The highest BCUT2D eigenvalue weighted by Gasteiger charge is 2.20. The second-order valence-electron chi connectivity index (χ2n) is 7.32. The highest BCUT2D eigenvalue weighted by atomic mass is 16.2. The van der Waals surface area contributed by atoms with Crippen LogP contribution in [0.1, 0.15) is 18.4 Å². The maximum atomic E-state index is 12.2. The van der Waals surface area contributed by atoms with Crippen LogP contribution < -0.4 is 15.5 Å². The summed E-state index contributed by atoms with van der Waals surface area (Å²) in [4.78, 5) is 19.0. The Morgan fingerprint density at radius 2 is 1.75 bits per heavy atom. The van der Waals surface area contributed by atoms with Crippen molar-refractivity contribution >= 4 is 22.6 Å². The number of amides is 2. The number of benzene rings is 2. The molecular weight excluding hydrogens is 348 g/mol. The third-order valence-electron chi connectivity index (χ3n) is 5.46. The number of carbonyl (C=O) groups excluding carboxylic acids is 1. The van der Waals surface area contributed by atoms with Gasteiger partial charge >= 0.3 is 6.03 Å². The van der Waals surface area contributed by atoms with E-state index >= 15 is 0 Å². The molecule has 1 fully saturated rings. The zero-order valence-electron chi connectivity index (χ0n) is 16.0. The molecule has 1 aromatic heterocycles. The summed E-state index contributed by atoms with van der Waals surface area (Å²) in [6.07, 6.45) is 3.98. The summed E-state index contributed by atoms with van der Waals surface area (Å²) in [5.74, 6) is 1.56. The van der Waals surface area contributed by atoms with Crippen molar-refractivity contribution in [1.29, 1.82) is 0 Å². The fourth-order valence-corrected chi connectivity index (χ4v) is 3.83. The molecule has 2 heterocycles. The van der Waals surface area contributed by atoms with Crippen LogP contribution >= 0.6 is 0 Å². The van der Waals surface area contributed by atoms with Gasteiger partial charge in [-0.1, -0.05) is 48.5 Å². The van der Waals surface area contributed by atoms with Gasteiger partial charge in [-0.3, -0.25) is 0 Å². The van der Waals surface area contributed by atoms with Crippen LogP contribution in [0, 0.1) is 5.92 Å². The van der Waals surface area contributed by atoms with E-state index in [0.29, 0.717) is 12.5 Å². The normalized spacial score (nSPS) is 14.8. The van der Waals surface area contributed by atoms with Crippen LogP contribution in [-0.4, -0.2) is 30.6 Å². The Hall–Kier alpha value is -3.08. The summed E-state index contributed by atoms with van der Waals surface area (Å²) < 4.78 is 0. The van der Waals surface area contributed by atoms with E-state index in [2.05, 4.69) is 50.8 Å². The molecule has 0 atom stereocenters. The standard InChI is InChI=1S/C23H26N4O/c28-23(26-17-20-8-5-7-19-6-1-2-9-21(19)20)25-16-18-11-14-27(15-12-18)22-10-3-4-13-24-22/h1-10,13,18H,11-12,14-17H2,(H2,25,26,28). The molecule has 0 spiro atoms. The van der Waals surface area contributed by atoms with Crippen LogP contribution in [0.25, 0.3) is 10.8 Å². The van der Waals surface area contributed by atoms with Crippen molar-refractivity contribution < 1.29 is 4.79 Å². The van der Waals surface area contributed by atoms with E-state index in [1.807, 2.05) is 36.5 Å². The van der Waals surface area contributed by atoms with E-state index in [1.54, 1.807) is 0 Å². The van der Waals surface area contributed by atoms with Crippen molar-refractivity contribution in [3.63, 3.8) is 0 Å². The quantitative estimate of drug-likeness (QED) is 0.711. The molecule has 0 unspecified atom stereocenters. The van der Waals surface area contributed by atoms with Crippen LogP contribution in [0.4, 0.5) is 10.6 Å². The van der Waals surface area contributed by atoms with Crippen LogP contribution in [0.5, 0.6) is 0 Å².